The minimum Gasteiger partial charge on any atom is -0.399 e. The predicted octanol–water partition coefficient (Wildman–Crippen LogP) is 3.40. The average Bonchev–Trinajstić information content (AvgIpc) is 2.47. The lowest BCUT2D eigenvalue weighted by molar-refractivity contribution is 1.21. The Labute approximate surface area is 120 Å². The van der Waals surface area contributed by atoms with Crippen LogP contribution in [-0.2, 0) is 5.75 Å². The third kappa shape index (κ3) is 2.70. The molecule has 3 rings (SSSR count). The molecule has 0 atom stereocenters. The van der Waals surface area contributed by atoms with Crippen LogP contribution < -0.4 is 11.2 Å². The largest absolute Gasteiger partial charge is 0.399 e. The standard InChI is InChI=1S/C16H14N2OS/c17-11-6-7-15-14(8-11)16(19)9-12(18-15)10-20-13-4-2-1-3-5-13/h1-9H,10,17H2,(H,18,19). The van der Waals surface area contributed by atoms with E-state index in [1.54, 1.807) is 30.0 Å². The molecule has 0 aliphatic rings. The number of rotatable bonds is 3. The van der Waals surface area contributed by atoms with E-state index in [0.29, 0.717) is 11.1 Å². The fourth-order valence-corrected chi connectivity index (χ4v) is 2.90. The zero-order valence-electron chi connectivity index (χ0n) is 10.8. The summed E-state index contributed by atoms with van der Waals surface area (Å²) < 4.78 is 0. The second-order valence-corrected chi connectivity index (χ2v) is 5.61. The molecule has 2 aromatic carbocycles. The quantitative estimate of drug-likeness (QED) is 0.572. The van der Waals surface area contributed by atoms with Crippen LogP contribution in [0.3, 0.4) is 0 Å². The number of aromatic nitrogens is 1. The van der Waals surface area contributed by atoms with Crippen molar-refractivity contribution in [2.75, 3.05) is 5.73 Å². The second-order valence-electron chi connectivity index (χ2n) is 4.57. The number of pyridine rings is 1. The van der Waals surface area contributed by atoms with Gasteiger partial charge in [-0.05, 0) is 30.3 Å². The number of nitrogens with one attached hydrogen (secondary N) is 1. The van der Waals surface area contributed by atoms with Gasteiger partial charge in [0.2, 0.25) is 0 Å². The van der Waals surface area contributed by atoms with E-state index in [-0.39, 0.29) is 5.43 Å². The fourth-order valence-electron chi connectivity index (χ4n) is 2.08. The van der Waals surface area contributed by atoms with Crippen molar-refractivity contribution >= 4 is 28.4 Å². The Morgan fingerprint density at radius 1 is 1.05 bits per heavy atom. The lowest BCUT2D eigenvalue weighted by atomic mass is 10.2. The Hall–Kier alpha value is -2.20. The first-order valence-corrected chi connectivity index (χ1v) is 7.30. The van der Waals surface area contributed by atoms with Crippen molar-refractivity contribution in [3.63, 3.8) is 0 Å². The van der Waals surface area contributed by atoms with Crippen molar-refractivity contribution in [1.29, 1.82) is 0 Å². The smallest absolute Gasteiger partial charge is 0.189 e. The molecule has 0 aliphatic carbocycles. The van der Waals surface area contributed by atoms with Crippen LogP contribution in [0.5, 0.6) is 0 Å². The summed E-state index contributed by atoms with van der Waals surface area (Å²) >= 11 is 1.70. The lowest BCUT2D eigenvalue weighted by Crippen LogP contribution is -2.05. The Kier molecular flexibility index (Phi) is 3.48. The van der Waals surface area contributed by atoms with Gasteiger partial charge in [0.15, 0.2) is 5.43 Å². The first kappa shape index (κ1) is 12.8. The van der Waals surface area contributed by atoms with Crippen LogP contribution in [0.1, 0.15) is 5.69 Å². The van der Waals surface area contributed by atoms with Gasteiger partial charge < -0.3 is 10.7 Å². The summed E-state index contributed by atoms with van der Waals surface area (Å²) in [4.78, 5) is 16.6. The normalized spacial score (nSPS) is 10.8. The van der Waals surface area contributed by atoms with E-state index in [4.69, 9.17) is 5.73 Å². The number of benzene rings is 2. The SMILES string of the molecule is Nc1ccc2[nH]c(CSc3ccccc3)cc(=O)c2c1. The van der Waals surface area contributed by atoms with E-state index in [2.05, 4.69) is 17.1 Å². The number of anilines is 1. The van der Waals surface area contributed by atoms with Gasteiger partial charge >= 0.3 is 0 Å². The first-order valence-electron chi connectivity index (χ1n) is 6.32. The van der Waals surface area contributed by atoms with E-state index in [0.717, 1.165) is 17.0 Å². The summed E-state index contributed by atoms with van der Waals surface area (Å²) in [5.41, 5.74) is 8.07. The molecule has 1 heterocycles. The van der Waals surface area contributed by atoms with Crippen LogP contribution in [0, 0.1) is 0 Å². The van der Waals surface area contributed by atoms with Gasteiger partial charge in [-0.1, -0.05) is 18.2 Å². The molecule has 0 unspecified atom stereocenters. The number of nitrogens with two attached hydrogens (primary N) is 1. The Morgan fingerprint density at radius 2 is 1.85 bits per heavy atom. The third-order valence-corrected chi connectivity index (χ3v) is 4.11. The van der Waals surface area contributed by atoms with Crippen molar-refractivity contribution in [3.8, 4) is 0 Å². The van der Waals surface area contributed by atoms with E-state index in [1.165, 1.54) is 4.90 Å². The molecular weight excluding hydrogens is 268 g/mol. The molecule has 0 saturated carbocycles. The monoisotopic (exact) mass is 282 g/mol. The summed E-state index contributed by atoms with van der Waals surface area (Å²) in [6, 6.07) is 17.1. The first-order chi connectivity index (χ1) is 9.72. The molecule has 3 N–H and O–H groups in total. The van der Waals surface area contributed by atoms with E-state index in [1.807, 2.05) is 24.3 Å². The molecule has 100 valence electrons. The van der Waals surface area contributed by atoms with Crippen molar-refractivity contribution in [2.24, 2.45) is 0 Å². The van der Waals surface area contributed by atoms with Crippen molar-refractivity contribution < 1.29 is 0 Å². The highest BCUT2D eigenvalue weighted by atomic mass is 32.2. The van der Waals surface area contributed by atoms with Crippen LogP contribution in [0.15, 0.2) is 64.3 Å². The predicted molar refractivity (Wildman–Crippen MR) is 85.0 cm³/mol. The van der Waals surface area contributed by atoms with Crippen molar-refractivity contribution in [3.05, 3.63) is 70.5 Å². The Balaban J connectivity index is 1.89. The van der Waals surface area contributed by atoms with Gasteiger partial charge in [-0.25, -0.2) is 0 Å². The number of fused-ring (bicyclic) bond motifs is 1. The van der Waals surface area contributed by atoms with Gasteiger partial charge in [-0.3, -0.25) is 4.79 Å². The summed E-state index contributed by atoms with van der Waals surface area (Å²) in [5.74, 6) is 0.736. The molecule has 0 bridgehead atoms. The van der Waals surface area contributed by atoms with Gasteiger partial charge in [0.1, 0.15) is 0 Å². The van der Waals surface area contributed by atoms with Gasteiger partial charge in [-0.2, -0.15) is 0 Å². The summed E-state index contributed by atoms with van der Waals surface area (Å²) in [6.07, 6.45) is 0. The molecule has 4 heteroatoms. The van der Waals surface area contributed by atoms with Gasteiger partial charge in [-0.15, -0.1) is 11.8 Å². The molecule has 0 spiro atoms. The zero-order valence-corrected chi connectivity index (χ0v) is 11.6. The number of nitrogen functional groups attached to an aromatic ring is 1. The van der Waals surface area contributed by atoms with E-state index in [9.17, 15) is 4.79 Å². The number of aromatic amines is 1. The lowest BCUT2D eigenvalue weighted by Gasteiger charge is -2.05. The van der Waals surface area contributed by atoms with E-state index >= 15 is 0 Å². The van der Waals surface area contributed by atoms with E-state index < -0.39 is 0 Å². The summed E-state index contributed by atoms with van der Waals surface area (Å²) in [6.45, 7) is 0. The molecule has 0 radical (unpaired) electrons. The molecule has 0 amide bonds. The molecule has 0 saturated heterocycles. The van der Waals surface area contributed by atoms with Gasteiger partial charge in [0, 0.05) is 39.0 Å². The average molecular weight is 282 g/mol. The highest BCUT2D eigenvalue weighted by Crippen LogP contribution is 2.22. The molecule has 3 nitrogen and oxygen atoms in total. The van der Waals surface area contributed by atoms with Gasteiger partial charge in [0.05, 0.1) is 0 Å². The maximum absolute atomic E-state index is 12.1. The maximum Gasteiger partial charge on any atom is 0.189 e. The van der Waals surface area contributed by atoms with Crippen molar-refractivity contribution in [1.82, 2.24) is 4.98 Å². The van der Waals surface area contributed by atoms with Crippen LogP contribution in [0.2, 0.25) is 0 Å². The fraction of sp³-hybridized carbons (Fsp3) is 0.0625. The van der Waals surface area contributed by atoms with Crippen LogP contribution in [0.25, 0.3) is 10.9 Å². The minimum atomic E-state index is 0.00899. The second kappa shape index (κ2) is 5.43. The molecule has 0 fully saturated rings. The Morgan fingerprint density at radius 3 is 2.65 bits per heavy atom. The number of hydrogen-bond acceptors (Lipinski definition) is 3. The minimum absolute atomic E-state index is 0.00899. The number of hydrogen-bond donors (Lipinski definition) is 2. The maximum atomic E-state index is 12.1. The highest BCUT2D eigenvalue weighted by Gasteiger charge is 2.03. The summed E-state index contributed by atoms with van der Waals surface area (Å²) in [7, 11) is 0. The third-order valence-electron chi connectivity index (χ3n) is 3.05. The van der Waals surface area contributed by atoms with Gasteiger partial charge in [0.25, 0.3) is 0 Å². The number of thioether (sulfide) groups is 1. The molecule has 1 aromatic heterocycles. The summed E-state index contributed by atoms with van der Waals surface area (Å²) in [5, 5.41) is 0.637. The van der Waals surface area contributed by atoms with Crippen LogP contribution in [-0.4, -0.2) is 4.98 Å². The van der Waals surface area contributed by atoms with Crippen LogP contribution >= 0.6 is 11.8 Å². The molecule has 0 aliphatic heterocycles. The topological polar surface area (TPSA) is 58.9 Å². The Bertz CT molecular complexity index is 796. The highest BCUT2D eigenvalue weighted by molar-refractivity contribution is 7.98. The zero-order chi connectivity index (χ0) is 13.9. The molecular formula is C16H14N2OS. The molecule has 3 aromatic rings. The molecule has 20 heavy (non-hydrogen) atoms. The van der Waals surface area contributed by atoms with Crippen LogP contribution in [0.4, 0.5) is 5.69 Å². The number of H-pyrrole nitrogens is 1. The van der Waals surface area contributed by atoms with Crippen molar-refractivity contribution in [2.45, 2.75) is 10.6 Å².